The lowest BCUT2D eigenvalue weighted by Crippen LogP contribution is -2.14. The van der Waals surface area contributed by atoms with E-state index in [-0.39, 0.29) is 11.3 Å². The van der Waals surface area contributed by atoms with Crippen LogP contribution in [0.5, 0.6) is 0 Å². The number of aryl methyl sites for hydroxylation is 1. The van der Waals surface area contributed by atoms with Crippen LogP contribution in [0.1, 0.15) is 15.9 Å². The molecule has 1 aromatic heterocycles. The standard InChI is InChI=1S/C13H10F2N2O/c1-8-2-3-12(10(14)6-8)17-13(18)9-4-5-16-7-11(9)15/h2-7H,1H3,(H,17,18). The molecule has 0 radical (unpaired) electrons. The van der Waals surface area contributed by atoms with Gasteiger partial charge in [-0.3, -0.25) is 9.78 Å². The third kappa shape index (κ3) is 2.51. The molecule has 0 fully saturated rings. The van der Waals surface area contributed by atoms with Gasteiger partial charge in [0.15, 0.2) is 5.82 Å². The zero-order valence-electron chi connectivity index (χ0n) is 9.58. The molecule has 1 amide bonds. The Bertz CT molecular complexity index is 599. The number of pyridine rings is 1. The molecule has 0 unspecified atom stereocenters. The zero-order chi connectivity index (χ0) is 13.1. The second-order valence-corrected chi connectivity index (χ2v) is 3.79. The number of benzene rings is 1. The van der Waals surface area contributed by atoms with Crippen LogP contribution >= 0.6 is 0 Å². The number of hydrogen-bond acceptors (Lipinski definition) is 2. The van der Waals surface area contributed by atoms with Gasteiger partial charge in [0.2, 0.25) is 0 Å². The normalized spacial score (nSPS) is 10.2. The van der Waals surface area contributed by atoms with Gasteiger partial charge in [0, 0.05) is 6.20 Å². The molecule has 2 aromatic rings. The maximum absolute atomic E-state index is 13.5. The molecule has 0 aliphatic heterocycles. The summed E-state index contributed by atoms with van der Waals surface area (Å²) in [5.41, 5.74) is 0.576. The third-order valence-corrected chi connectivity index (χ3v) is 2.39. The summed E-state index contributed by atoms with van der Waals surface area (Å²) >= 11 is 0. The zero-order valence-corrected chi connectivity index (χ0v) is 9.58. The van der Waals surface area contributed by atoms with Gasteiger partial charge >= 0.3 is 0 Å². The molecule has 3 nitrogen and oxygen atoms in total. The molecule has 92 valence electrons. The fourth-order valence-corrected chi connectivity index (χ4v) is 1.47. The predicted octanol–water partition coefficient (Wildman–Crippen LogP) is 2.92. The van der Waals surface area contributed by atoms with Crippen molar-refractivity contribution < 1.29 is 13.6 Å². The quantitative estimate of drug-likeness (QED) is 0.887. The van der Waals surface area contributed by atoms with Gasteiger partial charge in [-0.1, -0.05) is 6.07 Å². The molecule has 18 heavy (non-hydrogen) atoms. The van der Waals surface area contributed by atoms with Gasteiger partial charge in [-0.2, -0.15) is 0 Å². The molecule has 0 aliphatic carbocycles. The highest BCUT2D eigenvalue weighted by Gasteiger charge is 2.13. The summed E-state index contributed by atoms with van der Waals surface area (Å²) in [7, 11) is 0. The van der Waals surface area contributed by atoms with Crippen molar-refractivity contribution >= 4 is 11.6 Å². The van der Waals surface area contributed by atoms with Crippen molar-refractivity contribution in [3.05, 3.63) is 59.4 Å². The average Bonchev–Trinajstić information content (AvgIpc) is 2.33. The monoisotopic (exact) mass is 248 g/mol. The minimum Gasteiger partial charge on any atom is -0.319 e. The molecule has 5 heteroatoms. The topological polar surface area (TPSA) is 42.0 Å². The van der Waals surface area contributed by atoms with Crippen LogP contribution in [0.25, 0.3) is 0 Å². The van der Waals surface area contributed by atoms with Gasteiger partial charge in [-0.25, -0.2) is 8.78 Å². The molecule has 0 bridgehead atoms. The summed E-state index contributed by atoms with van der Waals surface area (Å²) in [5, 5.41) is 2.31. The van der Waals surface area contributed by atoms with Crippen molar-refractivity contribution in [2.75, 3.05) is 5.32 Å². The number of hydrogen-bond donors (Lipinski definition) is 1. The molecule has 0 aliphatic rings. The van der Waals surface area contributed by atoms with Gasteiger partial charge in [-0.15, -0.1) is 0 Å². The first-order valence-electron chi connectivity index (χ1n) is 5.25. The number of halogens is 2. The van der Waals surface area contributed by atoms with Crippen molar-refractivity contribution in [1.82, 2.24) is 4.98 Å². The summed E-state index contributed by atoms with van der Waals surface area (Å²) in [6, 6.07) is 5.61. The van der Waals surface area contributed by atoms with Crippen molar-refractivity contribution in [1.29, 1.82) is 0 Å². The molecule has 0 saturated carbocycles. The Balaban J connectivity index is 2.24. The first-order chi connectivity index (χ1) is 8.58. The SMILES string of the molecule is Cc1ccc(NC(=O)c2ccncc2F)c(F)c1. The Morgan fingerprint density at radius 3 is 2.67 bits per heavy atom. The highest BCUT2D eigenvalue weighted by molar-refractivity contribution is 6.04. The summed E-state index contributed by atoms with van der Waals surface area (Å²) in [6.07, 6.45) is 2.23. The van der Waals surface area contributed by atoms with E-state index in [1.165, 1.54) is 24.4 Å². The first-order valence-corrected chi connectivity index (χ1v) is 5.25. The van der Waals surface area contributed by atoms with E-state index in [1.807, 2.05) is 0 Å². The van der Waals surface area contributed by atoms with Crippen LogP contribution in [-0.4, -0.2) is 10.9 Å². The van der Waals surface area contributed by atoms with Crippen LogP contribution in [0.2, 0.25) is 0 Å². The van der Waals surface area contributed by atoms with E-state index >= 15 is 0 Å². The predicted molar refractivity (Wildman–Crippen MR) is 63.3 cm³/mol. The molecule has 1 N–H and O–H groups in total. The number of nitrogens with one attached hydrogen (secondary N) is 1. The van der Waals surface area contributed by atoms with Crippen LogP contribution in [0.3, 0.4) is 0 Å². The van der Waals surface area contributed by atoms with E-state index in [0.29, 0.717) is 0 Å². The number of aromatic nitrogens is 1. The van der Waals surface area contributed by atoms with E-state index in [4.69, 9.17) is 0 Å². The Morgan fingerprint density at radius 1 is 1.22 bits per heavy atom. The van der Waals surface area contributed by atoms with Crippen molar-refractivity contribution in [2.45, 2.75) is 6.92 Å². The Kier molecular flexibility index (Phi) is 3.32. The van der Waals surface area contributed by atoms with E-state index in [2.05, 4.69) is 10.3 Å². The lowest BCUT2D eigenvalue weighted by Gasteiger charge is -2.07. The Hall–Kier alpha value is -2.30. The fraction of sp³-hybridized carbons (Fsp3) is 0.0769. The van der Waals surface area contributed by atoms with Crippen LogP contribution in [0.4, 0.5) is 14.5 Å². The fourth-order valence-electron chi connectivity index (χ4n) is 1.47. The minimum atomic E-state index is -0.748. The van der Waals surface area contributed by atoms with Crippen LogP contribution in [0, 0.1) is 18.6 Å². The Labute approximate surface area is 102 Å². The number of carbonyl (C=O) groups excluding carboxylic acids is 1. The summed E-state index contributed by atoms with van der Waals surface area (Å²) in [5.74, 6) is -2.02. The van der Waals surface area contributed by atoms with Crippen LogP contribution in [-0.2, 0) is 0 Å². The van der Waals surface area contributed by atoms with E-state index in [9.17, 15) is 13.6 Å². The Morgan fingerprint density at radius 2 is 2.00 bits per heavy atom. The van der Waals surface area contributed by atoms with Crippen LogP contribution < -0.4 is 5.32 Å². The number of carbonyl (C=O) groups is 1. The molecule has 1 aromatic carbocycles. The third-order valence-electron chi connectivity index (χ3n) is 2.39. The number of rotatable bonds is 2. The molecule has 1 heterocycles. The van der Waals surface area contributed by atoms with Gasteiger partial charge < -0.3 is 5.32 Å². The van der Waals surface area contributed by atoms with Gasteiger partial charge in [-0.05, 0) is 30.7 Å². The lowest BCUT2D eigenvalue weighted by molar-refractivity contribution is 0.102. The number of nitrogens with zero attached hydrogens (tertiary/aromatic N) is 1. The highest BCUT2D eigenvalue weighted by atomic mass is 19.1. The average molecular weight is 248 g/mol. The van der Waals surface area contributed by atoms with Gasteiger partial charge in [0.05, 0.1) is 17.4 Å². The second kappa shape index (κ2) is 4.91. The highest BCUT2D eigenvalue weighted by Crippen LogP contribution is 2.16. The minimum absolute atomic E-state index is 0.0156. The van der Waals surface area contributed by atoms with E-state index in [0.717, 1.165) is 11.8 Å². The molecule has 0 saturated heterocycles. The summed E-state index contributed by atoms with van der Waals surface area (Å²) < 4.78 is 26.8. The number of anilines is 1. The molecule has 2 rings (SSSR count). The van der Waals surface area contributed by atoms with Crippen molar-refractivity contribution in [3.8, 4) is 0 Å². The van der Waals surface area contributed by atoms with E-state index in [1.54, 1.807) is 13.0 Å². The van der Waals surface area contributed by atoms with Crippen molar-refractivity contribution in [3.63, 3.8) is 0 Å². The maximum atomic E-state index is 13.5. The van der Waals surface area contributed by atoms with Gasteiger partial charge in [0.25, 0.3) is 5.91 Å². The van der Waals surface area contributed by atoms with E-state index < -0.39 is 17.5 Å². The largest absolute Gasteiger partial charge is 0.319 e. The molecule has 0 spiro atoms. The van der Waals surface area contributed by atoms with Gasteiger partial charge in [0.1, 0.15) is 5.82 Å². The number of amides is 1. The molecular formula is C13H10F2N2O. The van der Waals surface area contributed by atoms with Crippen LogP contribution in [0.15, 0.2) is 36.7 Å². The summed E-state index contributed by atoms with van der Waals surface area (Å²) in [6.45, 7) is 1.73. The molecule has 0 atom stereocenters. The maximum Gasteiger partial charge on any atom is 0.258 e. The second-order valence-electron chi connectivity index (χ2n) is 3.79. The smallest absolute Gasteiger partial charge is 0.258 e. The lowest BCUT2D eigenvalue weighted by atomic mass is 10.2. The first kappa shape index (κ1) is 12.2. The summed E-state index contributed by atoms with van der Waals surface area (Å²) in [4.78, 5) is 15.3. The molecular weight excluding hydrogens is 238 g/mol. The van der Waals surface area contributed by atoms with Crippen molar-refractivity contribution in [2.24, 2.45) is 0 Å².